The second-order valence-corrected chi connectivity index (χ2v) is 3.85. The van der Waals surface area contributed by atoms with E-state index in [4.69, 9.17) is 5.11 Å². The maximum absolute atomic E-state index is 11.1. The molecule has 0 heterocycles. The summed E-state index contributed by atoms with van der Waals surface area (Å²) in [5.74, 6) is 0.0216. The highest BCUT2D eigenvalue weighted by atomic mass is 16.3. The Morgan fingerprint density at radius 1 is 1.35 bits per heavy atom. The van der Waals surface area contributed by atoms with E-state index in [-0.39, 0.29) is 18.6 Å². The molecule has 0 radical (unpaired) electrons. The monoisotopic (exact) mass is 236 g/mol. The van der Waals surface area contributed by atoms with Crippen LogP contribution in [0.4, 0.5) is 0 Å². The summed E-state index contributed by atoms with van der Waals surface area (Å²) in [6, 6.07) is 10.1. The number of carbonyl (C=O) groups excluding carboxylic acids is 1. The Balaban J connectivity index is 2.47. The first kappa shape index (κ1) is 13.7. The van der Waals surface area contributed by atoms with Crippen LogP contribution in [-0.4, -0.2) is 31.2 Å². The topological polar surface area (TPSA) is 61.4 Å². The second-order valence-electron chi connectivity index (χ2n) is 3.85. The Bertz CT molecular complexity index is 327. The molecule has 0 fully saturated rings. The largest absolute Gasteiger partial charge is 0.396 e. The predicted octanol–water partition coefficient (Wildman–Crippen LogP) is 0.836. The first-order chi connectivity index (χ1) is 8.27. The van der Waals surface area contributed by atoms with Crippen molar-refractivity contribution in [3.05, 3.63) is 35.9 Å². The molecule has 94 valence electrons. The quantitative estimate of drug-likeness (QED) is 0.657. The summed E-state index contributed by atoms with van der Waals surface area (Å²) in [6.07, 6.45) is 1.10. The molecule has 0 spiro atoms. The molecule has 3 N–H and O–H groups in total. The molecule has 0 aliphatic heterocycles. The van der Waals surface area contributed by atoms with Gasteiger partial charge >= 0.3 is 0 Å². The van der Waals surface area contributed by atoms with Gasteiger partial charge in [-0.15, -0.1) is 0 Å². The summed E-state index contributed by atoms with van der Waals surface area (Å²) in [5, 5.41) is 14.9. The van der Waals surface area contributed by atoms with Gasteiger partial charge in [-0.1, -0.05) is 30.3 Å². The molecule has 0 aliphatic carbocycles. The molecule has 0 bridgehead atoms. The lowest BCUT2D eigenvalue weighted by Crippen LogP contribution is -2.28. The van der Waals surface area contributed by atoms with E-state index in [1.165, 1.54) is 0 Å². The minimum atomic E-state index is 0.0216. The second kappa shape index (κ2) is 7.81. The molecule has 0 aliphatic rings. The van der Waals surface area contributed by atoms with E-state index in [0.29, 0.717) is 19.4 Å². The number of benzene rings is 1. The lowest BCUT2D eigenvalue weighted by atomic mass is 10.0. The molecule has 1 amide bonds. The average molecular weight is 236 g/mol. The molecule has 1 aromatic carbocycles. The lowest BCUT2D eigenvalue weighted by Gasteiger charge is -2.18. The van der Waals surface area contributed by atoms with Crippen LogP contribution in [0.5, 0.6) is 0 Å². The summed E-state index contributed by atoms with van der Waals surface area (Å²) in [7, 11) is 1.63. The summed E-state index contributed by atoms with van der Waals surface area (Å²) in [5.41, 5.74) is 1.14. The van der Waals surface area contributed by atoms with Crippen molar-refractivity contribution in [3.8, 4) is 0 Å². The van der Waals surface area contributed by atoms with Crippen LogP contribution in [0.2, 0.25) is 0 Å². The van der Waals surface area contributed by atoms with Crippen molar-refractivity contribution >= 4 is 5.91 Å². The van der Waals surface area contributed by atoms with Gasteiger partial charge in [0.2, 0.25) is 5.91 Å². The summed E-state index contributed by atoms with van der Waals surface area (Å²) in [6.45, 7) is 0.742. The first-order valence-electron chi connectivity index (χ1n) is 5.87. The van der Waals surface area contributed by atoms with Gasteiger partial charge in [-0.2, -0.15) is 0 Å². The van der Waals surface area contributed by atoms with Crippen LogP contribution in [-0.2, 0) is 4.79 Å². The zero-order valence-electron chi connectivity index (χ0n) is 10.1. The molecule has 4 heteroatoms. The Labute approximate surface area is 102 Å². The first-order valence-corrected chi connectivity index (χ1v) is 5.87. The van der Waals surface area contributed by atoms with Crippen molar-refractivity contribution in [2.75, 3.05) is 20.2 Å². The fraction of sp³-hybridized carbons (Fsp3) is 0.462. The highest BCUT2D eigenvalue weighted by Crippen LogP contribution is 2.15. The maximum Gasteiger partial charge on any atom is 0.221 e. The van der Waals surface area contributed by atoms with Crippen LogP contribution < -0.4 is 10.6 Å². The molecule has 17 heavy (non-hydrogen) atoms. The van der Waals surface area contributed by atoms with Gasteiger partial charge in [0.05, 0.1) is 0 Å². The van der Waals surface area contributed by atoms with Crippen LogP contribution in [0.3, 0.4) is 0 Å². The van der Waals surface area contributed by atoms with Crippen LogP contribution >= 0.6 is 0 Å². The number of aliphatic hydroxyl groups is 1. The van der Waals surface area contributed by atoms with E-state index in [2.05, 4.69) is 10.6 Å². The minimum Gasteiger partial charge on any atom is -0.396 e. The van der Waals surface area contributed by atoms with Gasteiger partial charge in [-0.25, -0.2) is 0 Å². The van der Waals surface area contributed by atoms with Crippen molar-refractivity contribution < 1.29 is 9.90 Å². The van der Waals surface area contributed by atoms with Crippen LogP contribution in [0.1, 0.15) is 24.4 Å². The van der Waals surface area contributed by atoms with E-state index >= 15 is 0 Å². The maximum atomic E-state index is 11.1. The van der Waals surface area contributed by atoms with E-state index < -0.39 is 0 Å². The molecule has 0 saturated heterocycles. The van der Waals surface area contributed by atoms with Gasteiger partial charge in [0.25, 0.3) is 0 Å². The van der Waals surface area contributed by atoms with Gasteiger partial charge in [-0.3, -0.25) is 4.79 Å². The van der Waals surface area contributed by atoms with Gasteiger partial charge < -0.3 is 15.7 Å². The molecular weight excluding hydrogens is 216 g/mol. The normalized spacial score (nSPS) is 12.1. The molecule has 1 rings (SSSR count). The number of hydrogen-bond acceptors (Lipinski definition) is 3. The van der Waals surface area contributed by atoms with E-state index in [0.717, 1.165) is 5.56 Å². The van der Waals surface area contributed by atoms with Crippen LogP contribution in [0.15, 0.2) is 30.3 Å². The van der Waals surface area contributed by atoms with Gasteiger partial charge in [0.1, 0.15) is 0 Å². The number of rotatable bonds is 7. The number of hydrogen-bond donors (Lipinski definition) is 3. The Kier molecular flexibility index (Phi) is 6.29. The molecule has 1 unspecified atom stereocenters. The number of amides is 1. The molecule has 0 saturated carbocycles. The van der Waals surface area contributed by atoms with Crippen molar-refractivity contribution in [3.63, 3.8) is 0 Å². The van der Waals surface area contributed by atoms with Crippen molar-refractivity contribution in [2.45, 2.75) is 18.9 Å². The number of carbonyl (C=O) groups is 1. The van der Waals surface area contributed by atoms with Crippen molar-refractivity contribution in [1.82, 2.24) is 10.6 Å². The van der Waals surface area contributed by atoms with Gasteiger partial charge in [-0.05, 0) is 12.0 Å². The molecule has 0 aromatic heterocycles. The zero-order chi connectivity index (χ0) is 12.5. The highest BCUT2D eigenvalue weighted by Gasteiger charge is 2.10. The Morgan fingerprint density at radius 2 is 2.06 bits per heavy atom. The van der Waals surface area contributed by atoms with Crippen LogP contribution in [0, 0.1) is 0 Å². The molecule has 4 nitrogen and oxygen atoms in total. The van der Waals surface area contributed by atoms with Gasteiger partial charge in [0, 0.05) is 32.7 Å². The standard InChI is InChI=1S/C13H20N2O2/c1-14-13(17)7-9-15-12(8-10-16)11-5-3-2-4-6-11/h2-6,12,15-16H,7-10H2,1H3,(H,14,17). The van der Waals surface area contributed by atoms with E-state index in [1.54, 1.807) is 7.05 Å². The smallest absolute Gasteiger partial charge is 0.221 e. The molecule has 1 atom stereocenters. The van der Waals surface area contributed by atoms with E-state index in [1.807, 2.05) is 30.3 Å². The van der Waals surface area contributed by atoms with Crippen LogP contribution in [0.25, 0.3) is 0 Å². The Hall–Kier alpha value is -1.39. The Morgan fingerprint density at radius 3 is 2.65 bits per heavy atom. The lowest BCUT2D eigenvalue weighted by molar-refractivity contribution is -0.120. The number of aliphatic hydroxyl groups excluding tert-OH is 1. The van der Waals surface area contributed by atoms with Crippen molar-refractivity contribution in [2.24, 2.45) is 0 Å². The third kappa shape index (κ3) is 4.97. The highest BCUT2D eigenvalue weighted by molar-refractivity contribution is 5.75. The van der Waals surface area contributed by atoms with E-state index in [9.17, 15) is 4.79 Å². The van der Waals surface area contributed by atoms with Gasteiger partial charge in [0.15, 0.2) is 0 Å². The summed E-state index contributed by atoms with van der Waals surface area (Å²) < 4.78 is 0. The minimum absolute atomic E-state index is 0.0216. The number of nitrogens with one attached hydrogen (secondary N) is 2. The average Bonchev–Trinajstić information content (AvgIpc) is 2.38. The molecular formula is C13H20N2O2. The van der Waals surface area contributed by atoms with Crippen molar-refractivity contribution in [1.29, 1.82) is 0 Å². The third-order valence-electron chi connectivity index (χ3n) is 2.64. The molecule has 1 aromatic rings. The SMILES string of the molecule is CNC(=O)CCNC(CCO)c1ccccc1. The third-order valence-corrected chi connectivity index (χ3v) is 2.64. The fourth-order valence-electron chi connectivity index (χ4n) is 1.69. The summed E-state index contributed by atoms with van der Waals surface area (Å²) in [4.78, 5) is 11.1. The predicted molar refractivity (Wildman–Crippen MR) is 67.6 cm³/mol. The fourth-order valence-corrected chi connectivity index (χ4v) is 1.69. The summed E-state index contributed by atoms with van der Waals surface area (Å²) >= 11 is 0. The zero-order valence-corrected chi connectivity index (χ0v) is 10.1.